The molecule has 0 radical (unpaired) electrons. The van der Waals surface area contributed by atoms with E-state index in [2.05, 4.69) is 18.7 Å². The lowest BCUT2D eigenvalue weighted by Gasteiger charge is -2.32. The summed E-state index contributed by atoms with van der Waals surface area (Å²) in [4.78, 5) is 15.4. The van der Waals surface area contributed by atoms with E-state index in [0.717, 1.165) is 6.54 Å². The fourth-order valence-electron chi connectivity index (χ4n) is 1.56. The number of carbonyl (C=O) groups is 1. The molecule has 0 heterocycles. The van der Waals surface area contributed by atoms with Crippen molar-refractivity contribution in [3.05, 3.63) is 0 Å². The Balaban J connectivity index is 4.42. The maximum atomic E-state index is 11.7. The van der Waals surface area contributed by atoms with Gasteiger partial charge in [0.15, 0.2) is 0 Å². The van der Waals surface area contributed by atoms with Crippen molar-refractivity contribution in [1.82, 2.24) is 9.80 Å². The molecular formula is C10H23N3O. The summed E-state index contributed by atoms with van der Waals surface area (Å²) in [5.41, 5.74) is 5.51. The quantitative estimate of drug-likeness (QED) is 0.688. The van der Waals surface area contributed by atoms with Gasteiger partial charge in [-0.3, -0.25) is 9.69 Å². The molecule has 0 saturated heterocycles. The van der Waals surface area contributed by atoms with Gasteiger partial charge in [-0.2, -0.15) is 0 Å². The van der Waals surface area contributed by atoms with Crippen molar-refractivity contribution in [2.75, 3.05) is 27.2 Å². The predicted molar refractivity (Wildman–Crippen MR) is 59.1 cm³/mol. The molecule has 1 unspecified atom stereocenters. The van der Waals surface area contributed by atoms with Gasteiger partial charge in [-0.25, -0.2) is 0 Å². The molecule has 0 fully saturated rings. The molecule has 0 aliphatic carbocycles. The molecule has 0 aromatic carbocycles. The van der Waals surface area contributed by atoms with Crippen LogP contribution in [0.5, 0.6) is 0 Å². The van der Waals surface area contributed by atoms with Crippen LogP contribution in [0.4, 0.5) is 0 Å². The lowest BCUT2D eigenvalue weighted by molar-refractivity contribution is -0.134. The van der Waals surface area contributed by atoms with E-state index in [1.807, 2.05) is 6.92 Å². The summed E-state index contributed by atoms with van der Waals surface area (Å²) in [7, 11) is 3.56. The molecule has 14 heavy (non-hydrogen) atoms. The Morgan fingerprint density at radius 2 is 1.79 bits per heavy atom. The average Bonchev–Trinajstić information content (AvgIpc) is 2.11. The summed E-state index contributed by atoms with van der Waals surface area (Å²) in [6.45, 7) is 7.43. The summed E-state index contributed by atoms with van der Waals surface area (Å²) < 4.78 is 0. The number of hydrogen-bond acceptors (Lipinski definition) is 3. The summed E-state index contributed by atoms with van der Waals surface area (Å²) in [5, 5.41) is 0. The van der Waals surface area contributed by atoms with Crippen molar-refractivity contribution in [2.24, 2.45) is 5.73 Å². The van der Waals surface area contributed by atoms with Crippen LogP contribution in [0.2, 0.25) is 0 Å². The predicted octanol–water partition coefficient (Wildman–Crippen LogP) is 0.132. The minimum Gasteiger partial charge on any atom is -0.347 e. The van der Waals surface area contributed by atoms with Crippen LogP contribution in [-0.2, 0) is 4.79 Å². The van der Waals surface area contributed by atoms with Crippen LogP contribution >= 0.6 is 0 Å². The second-order valence-electron chi connectivity index (χ2n) is 4.03. The molecule has 0 bridgehead atoms. The van der Waals surface area contributed by atoms with Crippen LogP contribution in [0.3, 0.4) is 0 Å². The zero-order valence-electron chi connectivity index (χ0n) is 9.95. The summed E-state index contributed by atoms with van der Waals surface area (Å²) >= 11 is 0. The van der Waals surface area contributed by atoms with Gasteiger partial charge < -0.3 is 10.6 Å². The number of amides is 1. The third kappa shape index (κ3) is 3.64. The van der Waals surface area contributed by atoms with Crippen molar-refractivity contribution in [1.29, 1.82) is 0 Å². The highest BCUT2D eigenvalue weighted by Gasteiger charge is 2.23. The maximum absolute atomic E-state index is 11.7. The van der Waals surface area contributed by atoms with Crippen molar-refractivity contribution in [3.63, 3.8) is 0 Å². The van der Waals surface area contributed by atoms with Crippen molar-refractivity contribution in [3.8, 4) is 0 Å². The Kier molecular flexibility index (Phi) is 5.72. The van der Waals surface area contributed by atoms with Gasteiger partial charge in [0.1, 0.15) is 0 Å². The number of hydrogen-bond donors (Lipinski definition) is 1. The van der Waals surface area contributed by atoms with Crippen LogP contribution in [0.25, 0.3) is 0 Å². The molecule has 0 saturated carbocycles. The Hall–Kier alpha value is -0.610. The van der Waals surface area contributed by atoms with Crippen LogP contribution in [0.1, 0.15) is 20.8 Å². The van der Waals surface area contributed by atoms with E-state index in [4.69, 9.17) is 5.73 Å². The van der Waals surface area contributed by atoms with Crippen molar-refractivity contribution in [2.45, 2.75) is 32.9 Å². The summed E-state index contributed by atoms with van der Waals surface area (Å²) in [6, 6.07) is 0.256. The molecule has 0 aliphatic rings. The first-order valence-corrected chi connectivity index (χ1v) is 5.08. The highest BCUT2D eigenvalue weighted by Crippen LogP contribution is 2.06. The number of likely N-dealkylation sites (N-methyl/N-ethyl adjacent to an activating group) is 1. The number of rotatable bonds is 5. The lowest BCUT2D eigenvalue weighted by atomic mass is 10.2. The van der Waals surface area contributed by atoms with Gasteiger partial charge in [-0.15, -0.1) is 0 Å². The van der Waals surface area contributed by atoms with Crippen molar-refractivity contribution < 1.29 is 4.79 Å². The molecule has 0 aromatic heterocycles. The van der Waals surface area contributed by atoms with Gasteiger partial charge >= 0.3 is 0 Å². The van der Waals surface area contributed by atoms with Crippen LogP contribution < -0.4 is 5.73 Å². The number of nitrogens with zero attached hydrogens (tertiary/aromatic N) is 2. The molecule has 2 N–H and O–H groups in total. The molecule has 0 aromatic rings. The first-order chi connectivity index (χ1) is 6.41. The highest BCUT2D eigenvalue weighted by atomic mass is 16.2. The van der Waals surface area contributed by atoms with Gasteiger partial charge in [0.2, 0.25) is 5.91 Å². The van der Waals surface area contributed by atoms with Gasteiger partial charge in [-0.05, 0) is 20.8 Å². The van der Waals surface area contributed by atoms with E-state index in [1.165, 1.54) is 0 Å². The van der Waals surface area contributed by atoms with Crippen LogP contribution in [0, 0.1) is 0 Å². The third-order valence-corrected chi connectivity index (χ3v) is 2.35. The minimum atomic E-state index is -0.0893. The average molecular weight is 201 g/mol. The zero-order valence-corrected chi connectivity index (χ0v) is 9.95. The van der Waals surface area contributed by atoms with E-state index in [-0.39, 0.29) is 11.9 Å². The van der Waals surface area contributed by atoms with Gasteiger partial charge in [0.25, 0.3) is 0 Å². The maximum Gasteiger partial charge on any atom is 0.239 e. The standard InChI is InChI=1S/C10H23N3O/c1-8(2)13(7-6-11)9(3)10(14)12(4)5/h8-9H,6-7,11H2,1-5H3. The Morgan fingerprint density at radius 1 is 1.29 bits per heavy atom. The van der Waals surface area contributed by atoms with Gasteiger partial charge in [0, 0.05) is 33.2 Å². The zero-order chi connectivity index (χ0) is 11.3. The largest absolute Gasteiger partial charge is 0.347 e. The van der Waals surface area contributed by atoms with Gasteiger partial charge in [0.05, 0.1) is 6.04 Å². The Labute approximate surface area is 87.0 Å². The molecule has 84 valence electrons. The molecule has 0 spiro atoms. The van der Waals surface area contributed by atoms with Crippen LogP contribution in [0.15, 0.2) is 0 Å². The monoisotopic (exact) mass is 201 g/mol. The summed E-state index contributed by atoms with van der Waals surface area (Å²) in [5.74, 6) is 0.132. The van der Waals surface area contributed by atoms with E-state index in [0.29, 0.717) is 12.6 Å². The third-order valence-electron chi connectivity index (χ3n) is 2.35. The highest BCUT2D eigenvalue weighted by molar-refractivity contribution is 5.80. The van der Waals surface area contributed by atoms with E-state index < -0.39 is 0 Å². The first kappa shape index (κ1) is 13.4. The smallest absolute Gasteiger partial charge is 0.239 e. The molecule has 0 aliphatic heterocycles. The number of nitrogens with two attached hydrogens (primary N) is 1. The number of carbonyl (C=O) groups excluding carboxylic acids is 1. The molecule has 4 nitrogen and oxygen atoms in total. The summed E-state index contributed by atoms with van der Waals surface area (Å²) in [6.07, 6.45) is 0. The molecule has 1 atom stereocenters. The van der Waals surface area contributed by atoms with E-state index in [1.54, 1.807) is 19.0 Å². The minimum absolute atomic E-state index is 0.0893. The van der Waals surface area contributed by atoms with E-state index >= 15 is 0 Å². The molecule has 4 heteroatoms. The SMILES string of the molecule is CC(C)N(CCN)C(C)C(=O)N(C)C. The second kappa shape index (κ2) is 5.98. The Bertz CT molecular complexity index is 180. The topological polar surface area (TPSA) is 49.6 Å². The van der Waals surface area contributed by atoms with Crippen molar-refractivity contribution >= 4 is 5.91 Å². The molecule has 1 amide bonds. The Morgan fingerprint density at radius 3 is 2.07 bits per heavy atom. The van der Waals surface area contributed by atoms with Gasteiger partial charge in [-0.1, -0.05) is 0 Å². The lowest BCUT2D eigenvalue weighted by Crippen LogP contribution is -2.49. The van der Waals surface area contributed by atoms with E-state index in [9.17, 15) is 4.79 Å². The van der Waals surface area contributed by atoms with Crippen LogP contribution in [-0.4, -0.2) is 55.0 Å². The fourth-order valence-corrected chi connectivity index (χ4v) is 1.56. The molecular weight excluding hydrogens is 178 g/mol. The fraction of sp³-hybridized carbons (Fsp3) is 0.900. The normalized spacial score (nSPS) is 13.4. The first-order valence-electron chi connectivity index (χ1n) is 5.08. The second-order valence-corrected chi connectivity index (χ2v) is 4.03. The molecule has 0 rings (SSSR count).